The molecule has 3 rings (SSSR count). The van der Waals surface area contributed by atoms with Crippen LogP contribution in [0.1, 0.15) is 20.8 Å². The summed E-state index contributed by atoms with van der Waals surface area (Å²) in [7, 11) is 0. The molecule has 0 saturated carbocycles. The second kappa shape index (κ2) is 8.06. The molecule has 2 N–H and O–H groups in total. The van der Waals surface area contributed by atoms with Crippen molar-refractivity contribution in [3.8, 4) is 0 Å². The molecular formula is C15H14FIN4O3S. The minimum Gasteiger partial charge on any atom is -0.378 e. The number of rotatable bonds is 3. The quantitative estimate of drug-likeness (QED) is 0.522. The zero-order chi connectivity index (χ0) is 17.8. The lowest BCUT2D eigenvalue weighted by molar-refractivity contribution is 0.0844. The van der Waals surface area contributed by atoms with E-state index in [1.54, 1.807) is 5.38 Å². The summed E-state index contributed by atoms with van der Waals surface area (Å²) < 4.78 is 18.8. The second-order valence-electron chi connectivity index (χ2n) is 5.15. The Hall–Kier alpha value is -1.79. The fraction of sp³-hybridized carbons (Fsp3) is 0.267. The predicted molar refractivity (Wildman–Crippen MR) is 99.2 cm³/mol. The Morgan fingerprint density at radius 2 is 1.96 bits per heavy atom. The van der Waals surface area contributed by atoms with Crippen molar-refractivity contribution in [3.05, 3.63) is 44.2 Å². The van der Waals surface area contributed by atoms with Crippen LogP contribution in [0.5, 0.6) is 0 Å². The van der Waals surface area contributed by atoms with Gasteiger partial charge in [0.15, 0.2) is 5.13 Å². The first-order valence-corrected chi connectivity index (χ1v) is 9.34. The van der Waals surface area contributed by atoms with E-state index in [2.05, 4.69) is 15.8 Å². The molecule has 1 aliphatic heterocycles. The maximum absolute atomic E-state index is 13.1. The number of hydrogen-bond donors (Lipinski definition) is 2. The largest absolute Gasteiger partial charge is 0.378 e. The second-order valence-corrected chi connectivity index (χ2v) is 7.15. The number of aromatic nitrogens is 1. The number of amides is 2. The van der Waals surface area contributed by atoms with Crippen molar-refractivity contribution in [3.63, 3.8) is 0 Å². The van der Waals surface area contributed by atoms with Gasteiger partial charge in [-0.3, -0.25) is 20.4 Å². The maximum Gasteiger partial charge on any atom is 0.289 e. The fourth-order valence-electron chi connectivity index (χ4n) is 2.19. The Bertz CT molecular complexity index is 795. The fourth-order valence-corrected chi connectivity index (χ4v) is 3.77. The van der Waals surface area contributed by atoms with Gasteiger partial charge in [0.05, 0.1) is 18.8 Å². The standard InChI is InChI=1S/C15H14FIN4O3S/c16-9-1-2-10(11(17)7-9)13(22)19-20-14(23)12-8-25-15(18-12)21-3-5-24-6-4-21/h1-2,7-8H,3-6H2,(H,19,22)(H,20,23). The molecule has 1 aromatic heterocycles. The highest BCUT2D eigenvalue weighted by Gasteiger charge is 2.18. The first kappa shape index (κ1) is 18.0. The molecule has 1 aliphatic rings. The molecule has 0 aliphatic carbocycles. The van der Waals surface area contributed by atoms with Crippen molar-refractivity contribution in [2.75, 3.05) is 31.2 Å². The van der Waals surface area contributed by atoms with Crippen LogP contribution in [0.4, 0.5) is 9.52 Å². The van der Waals surface area contributed by atoms with Crippen LogP contribution in [0.3, 0.4) is 0 Å². The Balaban J connectivity index is 1.59. The minimum absolute atomic E-state index is 0.223. The zero-order valence-electron chi connectivity index (χ0n) is 12.9. The number of ether oxygens (including phenoxy) is 1. The molecule has 1 aromatic carbocycles. The van der Waals surface area contributed by atoms with E-state index < -0.39 is 17.6 Å². The van der Waals surface area contributed by atoms with Crippen LogP contribution < -0.4 is 15.8 Å². The summed E-state index contributed by atoms with van der Waals surface area (Å²) in [5, 5.41) is 2.38. The zero-order valence-corrected chi connectivity index (χ0v) is 15.9. The molecule has 0 unspecified atom stereocenters. The molecule has 1 fully saturated rings. The average molecular weight is 476 g/mol. The Kier molecular flexibility index (Phi) is 5.81. The summed E-state index contributed by atoms with van der Waals surface area (Å²) in [6.45, 7) is 2.73. The third-order valence-corrected chi connectivity index (χ3v) is 5.27. The number of morpholine rings is 1. The average Bonchev–Trinajstić information content (AvgIpc) is 3.10. The van der Waals surface area contributed by atoms with Crippen LogP contribution in [0.2, 0.25) is 0 Å². The molecule has 2 amide bonds. The number of hydrogen-bond acceptors (Lipinski definition) is 6. The predicted octanol–water partition coefficient (Wildman–Crippen LogP) is 1.80. The van der Waals surface area contributed by atoms with Crippen molar-refractivity contribution in [2.24, 2.45) is 0 Å². The molecule has 0 spiro atoms. The molecule has 132 valence electrons. The van der Waals surface area contributed by atoms with E-state index in [1.165, 1.54) is 29.5 Å². The molecule has 1 saturated heterocycles. The van der Waals surface area contributed by atoms with Crippen molar-refractivity contribution in [1.82, 2.24) is 15.8 Å². The number of benzene rings is 1. The van der Waals surface area contributed by atoms with Crippen molar-refractivity contribution < 1.29 is 18.7 Å². The lowest BCUT2D eigenvalue weighted by atomic mass is 10.2. The van der Waals surface area contributed by atoms with E-state index in [0.29, 0.717) is 16.8 Å². The number of halogens is 2. The van der Waals surface area contributed by atoms with E-state index >= 15 is 0 Å². The van der Waals surface area contributed by atoms with Gasteiger partial charge in [0, 0.05) is 22.0 Å². The molecule has 0 bridgehead atoms. The van der Waals surface area contributed by atoms with Crippen molar-refractivity contribution in [2.45, 2.75) is 0 Å². The van der Waals surface area contributed by atoms with Gasteiger partial charge in [-0.05, 0) is 40.8 Å². The van der Waals surface area contributed by atoms with E-state index in [9.17, 15) is 14.0 Å². The maximum atomic E-state index is 13.1. The van der Waals surface area contributed by atoms with E-state index in [4.69, 9.17) is 4.74 Å². The smallest absolute Gasteiger partial charge is 0.289 e. The summed E-state index contributed by atoms with van der Waals surface area (Å²) in [4.78, 5) is 30.5. The van der Waals surface area contributed by atoms with Gasteiger partial charge in [0.2, 0.25) is 0 Å². The summed E-state index contributed by atoms with van der Waals surface area (Å²) in [6, 6.07) is 3.79. The first-order chi connectivity index (χ1) is 12.0. The third kappa shape index (κ3) is 4.44. The SMILES string of the molecule is O=C(NNC(=O)c1ccc(F)cc1I)c1csc(N2CCOCC2)n1. The number of thiazole rings is 1. The van der Waals surface area contributed by atoms with Gasteiger partial charge in [0.25, 0.3) is 11.8 Å². The normalized spacial score (nSPS) is 14.2. The van der Waals surface area contributed by atoms with Crippen LogP contribution in [0, 0.1) is 9.39 Å². The van der Waals surface area contributed by atoms with Crippen LogP contribution in [0.15, 0.2) is 23.6 Å². The number of nitrogens with one attached hydrogen (secondary N) is 2. The molecule has 0 radical (unpaired) electrons. The Morgan fingerprint density at radius 1 is 1.24 bits per heavy atom. The highest BCUT2D eigenvalue weighted by atomic mass is 127. The van der Waals surface area contributed by atoms with E-state index in [1.807, 2.05) is 27.5 Å². The summed E-state index contributed by atoms with van der Waals surface area (Å²) in [6.07, 6.45) is 0. The number of nitrogens with zero attached hydrogens (tertiary/aromatic N) is 2. The summed E-state index contributed by atoms with van der Waals surface area (Å²) in [5.74, 6) is -1.47. The monoisotopic (exact) mass is 476 g/mol. The summed E-state index contributed by atoms with van der Waals surface area (Å²) >= 11 is 3.22. The van der Waals surface area contributed by atoms with Crippen LogP contribution >= 0.6 is 33.9 Å². The molecular weight excluding hydrogens is 462 g/mol. The van der Waals surface area contributed by atoms with Crippen molar-refractivity contribution in [1.29, 1.82) is 0 Å². The molecule has 2 aromatic rings. The van der Waals surface area contributed by atoms with E-state index in [-0.39, 0.29) is 11.3 Å². The highest BCUT2D eigenvalue weighted by Crippen LogP contribution is 2.21. The number of anilines is 1. The Morgan fingerprint density at radius 3 is 2.68 bits per heavy atom. The van der Waals surface area contributed by atoms with Gasteiger partial charge < -0.3 is 9.64 Å². The Labute approximate surface area is 160 Å². The molecule has 2 heterocycles. The van der Waals surface area contributed by atoms with Crippen LogP contribution in [0.25, 0.3) is 0 Å². The van der Waals surface area contributed by atoms with Gasteiger partial charge in [-0.2, -0.15) is 0 Å². The molecule has 10 heteroatoms. The van der Waals surface area contributed by atoms with Crippen molar-refractivity contribution >= 4 is 50.9 Å². The van der Waals surface area contributed by atoms with Crippen LogP contribution in [-0.4, -0.2) is 43.1 Å². The minimum atomic E-state index is -0.526. The molecule has 0 atom stereocenters. The highest BCUT2D eigenvalue weighted by molar-refractivity contribution is 14.1. The third-order valence-electron chi connectivity index (χ3n) is 3.47. The molecule has 7 nitrogen and oxygen atoms in total. The van der Waals surface area contributed by atoms with Gasteiger partial charge in [-0.1, -0.05) is 0 Å². The van der Waals surface area contributed by atoms with Gasteiger partial charge in [-0.15, -0.1) is 11.3 Å². The lowest BCUT2D eigenvalue weighted by Gasteiger charge is -2.25. The molecule has 25 heavy (non-hydrogen) atoms. The first-order valence-electron chi connectivity index (χ1n) is 7.38. The van der Waals surface area contributed by atoms with Crippen LogP contribution in [-0.2, 0) is 4.74 Å². The number of carbonyl (C=O) groups is 2. The number of carbonyl (C=O) groups excluding carboxylic acids is 2. The van der Waals surface area contributed by atoms with Gasteiger partial charge in [-0.25, -0.2) is 9.37 Å². The summed E-state index contributed by atoms with van der Waals surface area (Å²) in [5.41, 5.74) is 5.13. The van der Waals surface area contributed by atoms with Gasteiger partial charge in [0.1, 0.15) is 11.5 Å². The van der Waals surface area contributed by atoms with Gasteiger partial charge >= 0.3 is 0 Å². The number of hydrazine groups is 1. The topological polar surface area (TPSA) is 83.6 Å². The van der Waals surface area contributed by atoms with E-state index in [0.717, 1.165) is 18.2 Å². The lowest BCUT2D eigenvalue weighted by Crippen LogP contribution is -2.42.